The Bertz CT molecular complexity index is 1310. The molecule has 0 aliphatic heterocycles. The molecule has 0 saturated carbocycles. The van der Waals surface area contributed by atoms with Gasteiger partial charge in [0.15, 0.2) is 0 Å². The molecule has 0 bridgehead atoms. The van der Waals surface area contributed by atoms with Crippen LogP contribution in [-0.2, 0) is 16.6 Å². The SMILES string of the molecule is N#CCCN(c1ccc(OCc2ccccc2)cc1)S(=O)(=O)c1cccc2nsnc12. The predicted octanol–water partition coefficient (Wildman–Crippen LogP) is 4.38. The van der Waals surface area contributed by atoms with Crippen molar-refractivity contribution in [3.8, 4) is 11.8 Å². The van der Waals surface area contributed by atoms with Crippen LogP contribution in [0.3, 0.4) is 0 Å². The first-order valence-corrected chi connectivity index (χ1v) is 11.6. The quantitative estimate of drug-likeness (QED) is 0.395. The smallest absolute Gasteiger partial charge is 0.266 e. The molecule has 0 unspecified atom stereocenters. The predicted molar refractivity (Wildman–Crippen MR) is 119 cm³/mol. The van der Waals surface area contributed by atoms with Gasteiger partial charge in [0.2, 0.25) is 0 Å². The Morgan fingerprint density at radius 3 is 2.48 bits per heavy atom. The number of rotatable bonds is 8. The largest absolute Gasteiger partial charge is 0.489 e. The van der Waals surface area contributed by atoms with Crippen LogP contribution < -0.4 is 9.04 Å². The van der Waals surface area contributed by atoms with Crippen LogP contribution >= 0.6 is 11.7 Å². The van der Waals surface area contributed by atoms with Crippen LogP contribution in [0.25, 0.3) is 11.0 Å². The van der Waals surface area contributed by atoms with Crippen LogP contribution in [0.15, 0.2) is 77.7 Å². The van der Waals surface area contributed by atoms with Crippen molar-refractivity contribution in [3.05, 3.63) is 78.4 Å². The van der Waals surface area contributed by atoms with E-state index in [1.165, 1.54) is 10.4 Å². The van der Waals surface area contributed by atoms with Crippen LogP contribution in [0, 0.1) is 11.3 Å². The van der Waals surface area contributed by atoms with E-state index in [-0.39, 0.29) is 17.9 Å². The molecule has 0 aliphatic rings. The van der Waals surface area contributed by atoms with Crippen LogP contribution in [-0.4, -0.2) is 23.7 Å². The summed E-state index contributed by atoms with van der Waals surface area (Å²) in [5, 5.41) is 9.05. The van der Waals surface area contributed by atoms with Gasteiger partial charge in [-0.2, -0.15) is 14.0 Å². The van der Waals surface area contributed by atoms with Gasteiger partial charge >= 0.3 is 0 Å². The summed E-state index contributed by atoms with van der Waals surface area (Å²) in [6, 6.07) is 23.4. The monoisotopic (exact) mass is 450 g/mol. The number of nitriles is 1. The molecule has 0 atom stereocenters. The number of nitrogens with zero attached hydrogens (tertiary/aromatic N) is 4. The number of fused-ring (bicyclic) bond motifs is 1. The molecule has 156 valence electrons. The molecule has 0 aliphatic carbocycles. The number of ether oxygens (including phenoxy) is 1. The molecular formula is C22H18N4O3S2. The molecule has 4 rings (SSSR count). The Hall–Kier alpha value is -3.48. The lowest BCUT2D eigenvalue weighted by Crippen LogP contribution is -2.32. The number of sulfonamides is 1. The summed E-state index contributed by atoms with van der Waals surface area (Å²) in [6.07, 6.45) is 0.0524. The van der Waals surface area contributed by atoms with E-state index >= 15 is 0 Å². The average Bonchev–Trinajstić information content (AvgIpc) is 3.28. The Balaban J connectivity index is 1.62. The van der Waals surface area contributed by atoms with E-state index in [0.717, 1.165) is 17.3 Å². The van der Waals surface area contributed by atoms with Gasteiger partial charge in [-0.05, 0) is 42.0 Å². The molecule has 4 aromatic rings. The van der Waals surface area contributed by atoms with Crippen molar-refractivity contribution in [2.75, 3.05) is 10.8 Å². The number of aromatic nitrogens is 2. The Morgan fingerprint density at radius 1 is 0.968 bits per heavy atom. The first-order valence-electron chi connectivity index (χ1n) is 9.47. The van der Waals surface area contributed by atoms with Crippen LogP contribution in [0.4, 0.5) is 5.69 Å². The fraction of sp³-hybridized carbons (Fsp3) is 0.136. The zero-order valence-corrected chi connectivity index (χ0v) is 18.0. The molecule has 0 spiro atoms. The summed E-state index contributed by atoms with van der Waals surface area (Å²) in [6.45, 7) is 0.437. The summed E-state index contributed by atoms with van der Waals surface area (Å²) in [4.78, 5) is 0.0705. The van der Waals surface area contributed by atoms with Gasteiger partial charge in [0.25, 0.3) is 10.0 Å². The van der Waals surface area contributed by atoms with Crippen LogP contribution in [0.5, 0.6) is 5.75 Å². The molecule has 0 radical (unpaired) electrons. The Morgan fingerprint density at radius 2 is 1.74 bits per heavy atom. The van der Waals surface area contributed by atoms with Gasteiger partial charge in [0, 0.05) is 6.54 Å². The third-order valence-electron chi connectivity index (χ3n) is 4.62. The zero-order valence-electron chi connectivity index (χ0n) is 16.4. The van der Waals surface area contributed by atoms with Gasteiger partial charge in [-0.25, -0.2) is 8.42 Å². The lowest BCUT2D eigenvalue weighted by Gasteiger charge is -2.24. The van der Waals surface area contributed by atoms with Crippen molar-refractivity contribution in [2.24, 2.45) is 0 Å². The number of hydrogen-bond acceptors (Lipinski definition) is 7. The van der Waals surface area contributed by atoms with Crippen molar-refractivity contribution < 1.29 is 13.2 Å². The van der Waals surface area contributed by atoms with Crippen molar-refractivity contribution in [2.45, 2.75) is 17.9 Å². The topological polar surface area (TPSA) is 96.2 Å². The molecule has 0 fully saturated rings. The Kier molecular flexibility index (Phi) is 6.11. The highest BCUT2D eigenvalue weighted by molar-refractivity contribution is 7.93. The van der Waals surface area contributed by atoms with Crippen molar-refractivity contribution in [1.29, 1.82) is 5.26 Å². The summed E-state index contributed by atoms with van der Waals surface area (Å²) >= 11 is 0.962. The molecule has 0 amide bonds. The van der Waals surface area contributed by atoms with Gasteiger partial charge in [-0.15, -0.1) is 0 Å². The maximum atomic E-state index is 13.5. The molecule has 0 N–H and O–H groups in total. The highest BCUT2D eigenvalue weighted by Crippen LogP contribution is 2.29. The summed E-state index contributed by atoms with van der Waals surface area (Å²) in [7, 11) is -3.95. The minimum Gasteiger partial charge on any atom is -0.489 e. The standard InChI is InChI=1S/C22H18N4O3S2/c23-14-5-15-26(31(27,28)21-9-4-8-20-22(21)25-30-24-20)18-10-12-19(13-11-18)29-16-17-6-2-1-3-7-17/h1-4,6-13H,5,15-16H2. The molecule has 7 nitrogen and oxygen atoms in total. The number of anilines is 1. The van der Waals surface area contributed by atoms with Gasteiger partial charge in [-0.3, -0.25) is 4.31 Å². The van der Waals surface area contributed by atoms with Crippen molar-refractivity contribution >= 4 is 38.5 Å². The maximum Gasteiger partial charge on any atom is 0.266 e. The molecule has 1 aromatic heterocycles. The second-order valence-electron chi connectivity index (χ2n) is 6.64. The minimum absolute atomic E-state index is 0.0248. The van der Waals surface area contributed by atoms with E-state index < -0.39 is 10.0 Å². The van der Waals surface area contributed by atoms with E-state index in [0.29, 0.717) is 29.1 Å². The third kappa shape index (κ3) is 4.50. The lowest BCUT2D eigenvalue weighted by molar-refractivity contribution is 0.306. The summed E-state index contributed by atoms with van der Waals surface area (Å²) in [5.41, 5.74) is 2.34. The van der Waals surface area contributed by atoms with E-state index in [2.05, 4.69) is 8.75 Å². The number of hydrogen-bond donors (Lipinski definition) is 0. The number of benzene rings is 3. The third-order valence-corrected chi connectivity index (χ3v) is 7.02. The van der Waals surface area contributed by atoms with E-state index in [1.807, 2.05) is 36.4 Å². The second-order valence-corrected chi connectivity index (χ2v) is 9.00. The van der Waals surface area contributed by atoms with Crippen LogP contribution in [0.1, 0.15) is 12.0 Å². The van der Waals surface area contributed by atoms with Gasteiger partial charge in [0.1, 0.15) is 28.3 Å². The first kappa shape index (κ1) is 20.8. The molecule has 3 aromatic carbocycles. The molecular weight excluding hydrogens is 432 g/mol. The van der Waals surface area contributed by atoms with Gasteiger partial charge in [-0.1, -0.05) is 36.4 Å². The summed E-state index contributed by atoms with van der Waals surface area (Å²) < 4.78 is 42.2. The normalized spacial score (nSPS) is 11.2. The highest BCUT2D eigenvalue weighted by Gasteiger charge is 2.28. The zero-order chi connectivity index (χ0) is 21.7. The molecule has 0 saturated heterocycles. The van der Waals surface area contributed by atoms with E-state index in [9.17, 15) is 8.42 Å². The van der Waals surface area contributed by atoms with E-state index in [4.69, 9.17) is 10.00 Å². The van der Waals surface area contributed by atoms with E-state index in [1.54, 1.807) is 36.4 Å². The highest BCUT2D eigenvalue weighted by atomic mass is 32.2. The van der Waals surface area contributed by atoms with Crippen molar-refractivity contribution in [1.82, 2.24) is 8.75 Å². The molecule has 31 heavy (non-hydrogen) atoms. The second kappa shape index (κ2) is 9.12. The summed E-state index contributed by atoms with van der Waals surface area (Å²) in [5.74, 6) is 0.621. The van der Waals surface area contributed by atoms with Gasteiger partial charge in [0.05, 0.1) is 29.9 Å². The Labute approximate surface area is 184 Å². The van der Waals surface area contributed by atoms with Crippen molar-refractivity contribution in [3.63, 3.8) is 0 Å². The fourth-order valence-corrected chi connectivity index (χ4v) is 5.32. The molecule has 1 heterocycles. The molecule has 9 heteroatoms. The fourth-order valence-electron chi connectivity index (χ4n) is 3.10. The maximum absolute atomic E-state index is 13.5. The van der Waals surface area contributed by atoms with Crippen LogP contribution in [0.2, 0.25) is 0 Å². The minimum atomic E-state index is -3.95. The lowest BCUT2D eigenvalue weighted by atomic mass is 10.2. The average molecular weight is 451 g/mol. The van der Waals surface area contributed by atoms with Gasteiger partial charge < -0.3 is 4.74 Å². The first-order chi connectivity index (χ1) is 15.1.